The molecule has 0 unspecified atom stereocenters. The van der Waals surface area contributed by atoms with E-state index in [-0.39, 0.29) is 0 Å². The van der Waals surface area contributed by atoms with E-state index in [0.29, 0.717) is 12.1 Å². The Kier molecular flexibility index (Phi) is 5.05. The molecule has 0 atom stereocenters. The zero-order valence-electron chi connectivity index (χ0n) is 14.1. The largest absolute Gasteiger partial charge is 0.478 e. The molecule has 1 heterocycles. The van der Waals surface area contributed by atoms with E-state index in [1.807, 2.05) is 24.5 Å². The molecule has 3 heteroatoms. The normalized spacial score (nSPS) is 10.9. The Morgan fingerprint density at radius 2 is 1.44 bits per heavy atom. The van der Waals surface area contributed by atoms with Gasteiger partial charge < -0.3 is 5.11 Å². The van der Waals surface area contributed by atoms with Crippen molar-refractivity contribution < 1.29 is 14.5 Å². The summed E-state index contributed by atoms with van der Waals surface area (Å²) >= 11 is 0. The third-order valence-electron chi connectivity index (χ3n) is 4.03. The van der Waals surface area contributed by atoms with Gasteiger partial charge in [-0.2, -0.15) is 0 Å². The van der Waals surface area contributed by atoms with Crippen molar-refractivity contribution >= 4 is 18.1 Å². The van der Waals surface area contributed by atoms with Crippen LogP contribution in [0.3, 0.4) is 0 Å². The number of aryl methyl sites for hydroxylation is 1. The van der Waals surface area contributed by atoms with Crippen molar-refractivity contribution in [1.82, 2.24) is 0 Å². The topological polar surface area (TPSA) is 41.2 Å². The molecule has 2 aromatic carbocycles. The highest BCUT2D eigenvalue weighted by atomic mass is 16.4. The zero-order chi connectivity index (χ0) is 17.6. The van der Waals surface area contributed by atoms with Crippen molar-refractivity contribution in [3.8, 4) is 0 Å². The van der Waals surface area contributed by atoms with Gasteiger partial charge in [0.2, 0.25) is 0 Å². The number of hydrogen-bond acceptors (Lipinski definition) is 1. The van der Waals surface area contributed by atoms with E-state index in [9.17, 15) is 4.79 Å². The summed E-state index contributed by atoms with van der Waals surface area (Å²) in [5.74, 6) is -0.899. The van der Waals surface area contributed by atoms with Gasteiger partial charge in [-0.25, -0.2) is 9.36 Å². The number of aromatic carboxylic acids is 1. The molecule has 0 saturated heterocycles. The number of nitrogens with zero attached hydrogens (tertiary/aromatic N) is 1. The summed E-state index contributed by atoms with van der Waals surface area (Å²) < 4.78 is 2.07. The molecule has 0 amide bonds. The van der Waals surface area contributed by atoms with Gasteiger partial charge in [-0.1, -0.05) is 54.1 Å². The molecule has 0 aliphatic rings. The Balaban J connectivity index is 1.65. The predicted molar refractivity (Wildman–Crippen MR) is 99.2 cm³/mol. The molecule has 0 aliphatic carbocycles. The molecule has 3 rings (SSSR count). The number of carboxylic acids is 1. The Hall–Kier alpha value is -3.20. The van der Waals surface area contributed by atoms with Crippen LogP contribution in [0, 0.1) is 6.92 Å². The number of benzene rings is 2. The molecule has 3 aromatic rings. The number of hydrogen-bond donors (Lipinski definition) is 1. The lowest BCUT2D eigenvalue weighted by Crippen LogP contribution is -2.33. The lowest BCUT2D eigenvalue weighted by molar-refractivity contribution is -0.688. The summed E-state index contributed by atoms with van der Waals surface area (Å²) in [6.45, 7) is 2.79. The van der Waals surface area contributed by atoms with Gasteiger partial charge in [0.05, 0.1) is 5.56 Å². The van der Waals surface area contributed by atoms with Gasteiger partial charge in [-0.15, -0.1) is 0 Å². The molecule has 0 aliphatic heterocycles. The van der Waals surface area contributed by atoms with E-state index < -0.39 is 5.97 Å². The highest BCUT2D eigenvalue weighted by Gasteiger charge is 2.05. The van der Waals surface area contributed by atoms with E-state index >= 15 is 0 Å². The Morgan fingerprint density at radius 1 is 0.880 bits per heavy atom. The SMILES string of the molecule is Cc1ccc(/C=C\c2cc[n+](Cc3ccc(C(=O)O)cc3)cc2)cc1. The lowest BCUT2D eigenvalue weighted by Gasteiger charge is -2.00. The minimum atomic E-state index is -0.899. The zero-order valence-corrected chi connectivity index (χ0v) is 14.1. The van der Waals surface area contributed by atoms with Crippen LogP contribution in [0.1, 0.15) is 32.6 Å². The first-order valence-electron chi connectivity index (χ1n) is 8.16. The number of rotatable bonds is 5. The van der Waals surface area contributed by atoms with Crippen molar-refractivity contribution in [2.75, 3.05) is 0 Å². The summed E-state index contributed by atoms with van der Waals surface area (Å²) in [5, 5.41) is 8.93. The quantitative estimate of drug-likeness (QED) is 0.712. The van der Waals surface area contributed by atoms with Crippen LogP contribution in [0.5, 0.6) is 0 Å². The summed E-state index contributed by atoms with van der Waals surface area (Å²) in [4.78, 5) is 10.9. The predicted octanol–water partition coefficient (Wildman–Crippen LogP) is 4.20. The smallest absolute Gasteiger partial charge is 0.335 e. The van der Waals surface area contributed by atoms with Crippen LogP contribution < -0.4 is 4.57 Å². The monoisotopic (exact) mass is 330 g/mol. The number of carboxylic acid groups (broad SMARTS) is 1. The van der Waals surface area contributed by atoms with Crippen molar-refractivity contribution in [1.29, 1.82) is 0 Å². The van der Waals surface area contributed by atoms with Crippen molar-refractivity contribution in [2.24, 2.45) is 0 Å². The van der Waals surface area contributed by atoms with Gasteiger partial charge >= 0.3 is 5.97 Å². The molecule has 0 bridgehead atoms. The molecule has 0 saturated carbocycles. The third kappa shape index (κ3) is 4.64. The third-order valence-corrected chi connectivity index (χ3v) is 4.03. The average molecular weight is 330 g/mol. The Bertz CT molecular complexity index is 877. The van der Waals surface area contributed by atoms with Gasteiger partial charge in [0, 0.05) is 17.7 Å². The average Bonchev–Trinajstić information content (AvgIpc) is 2.63. The molecule has 3 nitrogen and oxygen atoms in total. The van der Waals surface area contributed by atoms with Crippen LogP contribution in [0.25, 0.3) is 12.2 Å². The maximum Gasteiger partial charge on any atom is 0.335 e. The molecule has 1 aromatic heterocycles. The molecule has 0 fully saturated rings. The highest BCUT2D eigenvalue weighted by Crippen LogP contribution is 2.09. The Labute approximate surface area is 147 Å². The summed E-state index contributed by atoms with van der Waals surface area (Å²) in [7, 11) is 0. The summed E-state index contributed by atoms with van der Waals surface area (Å²) in [6, 6.07) is 19.5. The second kappa shape index (κ2) is 7.58. The maximum atomic E-state index is 10.9. The molecular weight excluding hydrogens is 310 g/mol. The Morgan fingerprint density at radius 3 is 2.00 bits per heavy atom. The second-order valence-electron chi connectivity index (χ2n) is 6.05. The molecule has 0 radical (unpaired) electrons. The van der Waals surface area contributed by atoms with Crippen LogP contribution in [0.4, 0.5) is 0 Å². The lowest BCUT2D eigenvalue weighted by atomic mass is 10.1. The number of aromatic nitrogens is 1. The van der Waals surface area contributed by atoms with E-state index in [4.69, 9.17) is 5.11 Å². The van der Waals surface area contributed by atoms with Crippen LogP contribution in [-0.2, 0) is 6.54 Å². The molecule has 1 N–H and O–H groups in total. The van der Waals surface area contributed by atoms with Crippen molar-refractivity contribution in [2.45, 2.75) is 13.5 Å². The first kappa shape index (κ1) is 16.7. The minimum Gasteiger partial charge on any atom is -0.478 e. The van der Waals surface area contributed by atoms with E-state index in [1.165, 1.54) is 11.1 Å². The fraction of sp³-hybridized carbons (Fsp3) is 0.0909. The van der Waals surface area contributed by atoms with E-state index in [0.717, 1.165) is 11.1 Å². The van der Waals surface area contributed by atoms with E-state index in [2.05, 4.69) is 60.0 Å². The second-order valence-corrected chi connectivity index (χ2v) is 6.05. The van der Waals surface area contributed by atoms with Gasteiger partial charge in [0.15, 0.2) is 18.9 Å². The fourth-order valence-corrected chi connectivity index (χ4v) is 2.52. The van der Waals surface area contributed by atoms with Crippen LogP contribution in [0.2, 0.25) is 0 Å². The molecule has 124 valence electrons. The van der Waals surface area contributed by atoms with Gasteiger partial charge in [-0.05, 0) is 30.2 Å². The van der Waals surface area contributed by atoms with Gasteiger partial charge in [0.25, 0.3) is 0 Å². The number of carbonyl (C=O) groups is 1. The minimum absolute atomic E-state index is 0.311. The van der Waals surface area contributed by atoms with Crippen LogP contribution >= 0.6 is 0 Å². The van der Waals surface area contributed by atoms with E-state index in [1.54, 1.807) is 12.1 Å². The van der Waals surface area contributed by atoms with Gasteiger partial charge in [-0.3, -0.25) is 0 Å². The standard InChI is InChI=1S/C22H19NO2/c1-17-2-4-18(5-3-17)6-7-19-12-14-23(15-13-19)16-20-8-10-21(11-9-20)22(24)25/h2-15H,16H2,1H3/p+1/b7-6-. The van der Waals surface area contributed by atoms with Crippen LogP contribution in [-0.4, -0.2) is 11.1 Å². The van der Waals surface area contributed by atoms with Crippen molar-refractivity contribution in [3.63, 3.8) is 0 Å². The maximum absolute atomic E-state index is 10.9. The first-order chi connectivity index (χ1) is 12.1. The first-order valence-corrected chi connectivity index (χ1v) is 8.16. The van der Waals surface area contributed by atoms with Crippen molar-refractivity contribution in [3.05, 3.63) is 101 Å². The molecular formula is C22H20NO2+. The summed E-state index contributed by atoms with van der Waals surface area (Å²) in [5.41, 5.74) is 4.96. The highest BCUT2D eigenvalue weighted by molar-refractivity contribution is 5.87. The molecule has 25 heavy (non-hydrogen) atoms. The summed E-state index contributed by atoms with van der Waals surface area (Å²) in [6.07, 6.45) is 8.25. The number of pyridine rings is 1. The van der Waals surface area contributed by atoms with Gasteiger partial charge in [0.1, 0.15) is 0 Å². The van der Waals surface area contributed by atoms with Crippen LogP contribution in [0.15, 0.2) is 73.1 Å². The fourth-order valence-electron chi connectivity index (χ4n) is 2.52. The molecule has 0 spiro atoms.